The van der Waals surface area contributed by atoms with E-state index >= 15 is 4.79 Å². The molecule has 3 N–H and O–H groups in total. The Labute approximate surface area is 278 Å². The summed E-state index contributed by atoms with van der Waals surface area (Å²) in [5.41, 5.74) is 6.69. The topological polar surface area (TPSA) is 144 Å². The van der Waals surface area contributed by atoms with Crippen LogP contribution in [0, 0.1) is 44.4 Å². The summed E-state index contributed by atoms with van der Waals surface area (Å²) in [6.45, 7) is 5.31. The van der Waals surface area contributed by atoms with Crippen molar-refractivity contribution in [3.05, 3.63) is 106 Å². The maximum absolute atomic E-state index is 15.2. The summed E-state index contributed by atoms with van der Waals surface area (Å²) >= 11 is 0. The first-order valence-corrected chi connectivity index (χ1v) is 16.3. The molecule has 246 valence electrons. The van der Waals surface area contributed by atoms with Gasteiger partial charge in [0.25, 0.3) is 11.8 Å². The number of carboxylic acid groups (broad SMARTS) is 1. The zero-order valence-corrected chi connectivity index (χ0v) is 27.0. The average molecular weight is 648 g/mol. The highest BCUT2D eigenvalue weighted by atomic mass is 16.4. The molecule has 4 aliphatic rings. The summed E-state index contributed by atoms with van der Waals surface area (Å²) < 4.78 is 0. The normalized spacial score (nSPS) is 27.8. The van der Waals surface area contributed by atoms with Crippen LogP contribution in [-0.4, -0.2) is 56.3 Å². The number of amides is 4. The second-order valence-corrected chi connectivity index (χ2v) is 13.6. The summed E-state index contributed by atoms with van der Waals surface area (Å²) in [5, 5.41) is 21.2. The SMILES string of the molecule is Cc1ccc(NN2C(=O)[C@@H]3C[C@@H]4C(=CC[C@@H]5C(=O)N(CCC(=O)O)C(=O)[C@@H]54)[C@H](c4cc(C)c(O)c(C)c4)[C@]3(c3ccccc3)C2=O)cc1. The number of imide groups is 2. The van der Waals surface area contributed by atoms with Gasteiger partial charge in [0.05, 0.1) is 35.3 Å². The zero-order valence-electron chi connectivity index (χ0n) is 27.0. The van der Waals surface area contributed by atoms with Crippen LogP contribution in [0.5, 0.6) is 5.75 Å². The molecule has 2 heterocycles. The van der Waals surface area contributed by atoms with Crippen LogP contribution >= 0.6 is 0 Å². The number of phenolic OH excluding ortho intramolecular Hbond substituents is 1. The number of nitrogens with zero attached hydrogens (tertiary/aromatic N) is 2. The fourth-order valence-corrected chi connectivity index (χ4v) is 8.77. The number of allylic oxidation sites excluding steroid dienone is 2. The molecule has 6 atom stereocenters. The molecule has 1 saturated carbocycles. The van der Waals surface area contributed by atoms with Gasteiger partial charge in [0.2, 0.25) is 11.8 Å². The number of hydrazine groups is 1. The molecule has 48 heavy (non-hydrogen) atoms. The van der Waals surface area contributed by atoms with Crippen LogP contribution in [0.3, 0.4) is 0 Å². The van der Waals surface area contributed by atoms with Crippen molar-refractivity contribution in [1.82, 2.24) is 9.91 Å². The number of aromatic hydroxyl groups is 1. The van der Waals surface area contributed by atoms with Gasteiger partial charge in [0.15, 0.2) is 0 Å². The lowest BCUT2D eigenvalue weighted by Crippen LogP contribution is -2.53. The Morgan fingerprint density at radius 1 is 0.896 bits per heavy atom. The lowest BCUT2D eigenvalue weighted by Gasteiger charge is -2.50. The molecule has 0 radical (unpaired) electrons. The minimum Gasteiger partial charge on any atom is -0.507 e. The maximum Gasteiger partial charge on any atom is 0.305 e. The Hall–Kier alpha value is -5.25. The molecule has 4 amide bonds. The van der Waals surface area contributed by atoms with Gasteiger partial charge in [-0.1, -0.05) is 71.8 Å². The molecule has 2 saturated heterocycles. The summed E-state index contributed by atoms with van der Waals surface area (Å²) in [6, 6.07) is 20.3. The predicted octanol–water partition coefficient (Wildman–Crippen LogP) is 4.78. The zero-order chi connectivity index (χ0) is 34.1. The molecule has 2 aliphatic heterocycles. The van der Waals surface area contributed by atoms with Crippen molar-refractivity contribution < 1.29 is 34.2 Å². The van der Waals surface area contributed by atoms with Gasteiger partial charge in [-0.25, -0.2) is 0 Å². The number of anilines is 1. The number of carboxylic acids is 1. The number of nitrogens with one attached hydrogen (secondary N) is 1. The number of carbonyl (C=O) groups is 5. The van der Waals surface area contributed by atoms with Gasteiger partial charge < -0.3 is 10.2 Å². The van der Waals surface area contributed by atoms with Gasteiger partial charge in [0.1, 0.15) is 5.75 Å². The Morgan fingerprint density at radius 2 is 1.56 bits per heavy atom. The van der Waals surface area contributed by atoms with E-state index < -0.39 is 64.6 Å². The number of hydrogen-bond donors (Lipinski definition) is 3. The molecular weight excluding hydrogens is 610 g/mol. The first-order valence-electron chi connectivity index (χ1n) is 16.3. The fourth-order valence-electron chi connectivity index (χ4n) is 8.77. The number of hydrogen-bond acceptors (Lipinski definition) is 7. The summed E-state index contributed by atoms with van der Waals surface area (Å²) in [7, 11) is 0. The van der Waals surface area contributed by atoms with Crippen molar-refractivity contribution in [2.24, 2.45) is 23.7 Å². The third-order valence-electron chi connectivity index (χ3n) is 10.9. The van der Waals surface area contributed by atoms with E-state index in [1.54, 1.807) is 26.0 Å². The highest BCUT2D eigenvalue weighted by molar-refractivity contribution is 6.13. The van der Waals surface area contributed by atoms with Crippen LogP contribution in [0.25, 0.3) is 0 Å². The first-order chi connectivity index (χ1) is 22.9. The molecule has 2 aliphatic carbocycles. The molecule has 0 bridgehead atoms. The van der Waals surface area contributed by atoms with Crippen LogP contribution in [0.4, 0.5) is 5.69 Å². The van der Waals surface area contributed by atoms with E-state index in [-0.39, 0.29) is 31.6 Å². The lowest BCUT2D eigenvalue weighted by atomic mass is 9.49. The van der Waals surface area contributed by atoms with Crippen molar-refractivity contribution in [1.29, 1.82) is 0 Å². The first kappa shape index (κ1) is 31.4. The van der Waals surface area contributed by atoms with Crippen molar-refractivity contribution in [3.63, 3.8) is 0 Å². The van der Waals surface area contributed by atoms with E-state index in [1.165, 1.54) is 0 Å². The number of carbonyl (C=O) groups excluding carboxylic acids is 4. The molecule has 7 rings (SSSR count). The summed E-state index contributed by atoms with van der Waals surface area (Å²) in [5.74, 6) is -6.28. The Morgan fingerprint density at radius 3 is 2.21 bits per heavy atom. The number of phenols is 1. The van der Waals surface area contributed by atoms with Crippen LogP contribution in [0.1, 0.15) is 53.0 Å². The van der Waals surface area contributed by atoms with Crippen molar-refractivity contribution in [2.45, 2.75) is 51.4 Å². The van der Waals surface area contributed by atoms with Crippen molar-refractivity contribution >= 4 is 35.3 Å². The standard InChI is InChI=1S/C38H37N3O7/c1-20-9-11-25(12-10-20)39-41-35(46)29-19-28-26(13-14-27-31(28)36(47)40(34(27)45)16-15-30(42)43)32(23-17-21(2)33(44)22(3)18-23)38(29,37(41)48)24-7-5-4-6-8-24/h4-13,17-18,27-29,31-32,39,44H,14-16,19H2,1-3H3,(H,42,43)/t27-,28+,29-,31-,32-,38+/m0/s1. The van der Waals surface area contributed by atoms with Crippen LogP contribution in [0.15, 0.2) is 78.4 Å². The lowest BCUT2D eigenvalue weighted by molar-refractivity contribution is -0.143. The molecule has 3 aromatic rings. The second kappa shape index (κ2) is 11.5. The van der Waals surface area contributed by atoms with E-state index in [4.69, 9.17) is 0 Å². The van der Waals surface area contributed by atoms with Gasteiger partial charge >= 0.3 is 5.97 Å². The van der Waals surface area contributed by atoms with E-state index in [0.29, 0.717) is 22.4 Å². The Balaban J connectivity index is 1.43. The molecule has 0 unspecified atom stereocenters. The molecule has 10 nitrogen and oxygen atoms in total. The number of fused-ring (bicyclic) bond motifs is 4. The second-order valence-electron chi connectivity index (χ2n) is 13.6. The van der Waals surface area contributed by atoms with E-state index in [9.17, 15) is 29.4 Å². The highest BCUT2D eigenvalue weighted by Crippen LogP contribution is 2.64. The van der Waals surface area contributed by atoms with Gasteiger partial charge in [-0.05, 0) is 73.9 Å². The average Bonchev–Trinajstić information content (AvgIpc) is 3.44. The van der Waals surface area contributed by atoms with Crippen molar-refractivity contribution in [3.8, 4) is 5.75 Å². The molecule has 3 aromatic carbocycles. The van der Waals surface area contributed by atoms with Crippen LogP contribution in [0.2, 0.25) is 0 Å². The minimum absolute atomic E-state index is 0.135. The van der Waals surface area contributed by atoms with Crippen molar-refractivity contribution in [2.75, 3.05) is 12.0 Å². The van der Waals surface area contributed by atoms with Gasteiger partial charge in [0, 0.05) is 12.5 Å². The molecule has 0 aromatic heterocycles. The summed E-state index contributed by atoms with van der Waals surface area (Å²) in [4.78, 5) is 69.8. The highest BCUT2D eigenvalue weighted by Gasteiger charge is 2.70. The fraction of sp³-hybridized carbons (Fsp3) is 0.342. The largest absolute Gasteiger partial charge is 0.507 e. The van der Waals surface area contributed by atoms with E-state index in [0.717, 1.165) is 26.6 Å². The molecule has 0 spiro atoms. The third kappa shape index (κ3) is 4.57. The van der Waals surface area contributed by atoms with E-state index in [2.05, 4.69) is 5.43 Å². The number of likely N-dealkylation sites (tertiary alicyclic amines) is 1. The number of rotatable bonds is 7. The third-order valence-corrected chi connectivity index (χ3v) is 10.9. The minimum atomic E-state index is -1.41. The number of aryl methyl sites for hydroxylation is 3. The Bertz CT molecular complexity index is 1880. The molecule has 3 fully saturated rings. The molecular formula is C38H37N3O7. The number of aliphatic carboxylic acids is 1. The van der Waals surface area contributed by atoms with Gasteiger partial charge in [-0.3, -0.25) is 34.3 Å². The van der Waals surface area contributed by atoms with Crippen LogP contribution in [-0.2, 0) is 29.4 Å². The van der Waals surface area contributed by atoms with Gasteiger partial charge in [-0.2, -0.15) is 5.01 Å². The smallest absolute Gasteiger partial charge is 0.305 e. The predicted molar refractivity (Wildman–Crippen MR) is 175 cm³/mol. The molecule has 10 heteroatoms. The van der Waals surface area contributed by atoms with Gasteiger partial charge in [-0.15, -0.1) is 0 Å². The summed E-state index contributed by atoms with van der Waals surface area (Å²) in [6.07, 6.45) is 2.01. The maximum atomic E-state index is 15.2. The Kier molecular flexibility index (Phi) is 7.49. The quantitative estimate of drug-likeness (QED) is 0.246. The van der Waals surface area contributed by atoms with E-state index in [1.807, 2.05) is 67.6 Å². The van der Waals surface area contributed by atoms with Crippen LogP contribution < -0.4 is 5.43 Å². The number of benzene rings is 3. The monoisotopic (exact) mass is 647 g/mol.